The molecule has 1 saturated heterocycles. The first-order chi connectivity index (χ1) is 10.5. The van der Waals surface area contributed by atoms with Crippen molar-refractivity contribution in [2.45, 2.75) is 19.3 Å². The monoisotopic (exact) mass is 368 g/mol. The van der Waals surface area contributed by atoms with Crippen molar-refractivity contribution < 1.29 is 19.5 Å². The SMILES string of the molecule is O=C(O)CCCNC(=O)C1CCN(c2cccc(Br)c2)C1=O. The van der Waals surface area contributed by atoms with E-state index in [0.717, 1.165) is 10.2 Å². The average Bonchev–Trinajstić information content (AvgIpc) is 2.85. The normalized spacial score (nSPS) is 17.6. The summed E-state index contributed by atoms with van der Waals surface area (Å²) in [7, 11) is 0. The Bertz CT molecular complexity index is 591. The minimum absolute atomic E-state index is 0.00304. The molecule has 0 radical (unpaired) electrons. The van der Waals surface area contributed by atoms with Crippen LogP contribution in [0.25, 0.3) is 0 Å². The van der Waals surface area contributed by atoms with Gasteiger partial charge in [0, 0.05) is 29.7 Å². The van der Waals surface area contributed by atoms with Crippen molar-refractivity contribution in [2.24, 2.45) is 5.92 Å². The number of benzene rings is 1. The molecule has 0 bridgehead atoms. The molecule has 1 aliphatic rings. The molecule has 0 saturated carbocycles. The molecule has 0 spiro atoms. The Morgan fingerprint density at radius 2 is 2.18 bits per heavy atom. The molecular weight excluding hydrogens is 352 g/mol. The molecule has 118 valence electrons. The number of aliphatic carboxylic acids is 1. The fourth-order valence-electron chi connectivity index (χ4n) is 2.40. The van der Waals surface area contributed by atoms with Crippen LogP contribution in [0, 0.1) is 5.92 Å². The number of anilines is 1. The van der Waals surface area contributed by atoms with Gasteiger partial charge in [-0.3, -0.25) is 14.4 Å². The summed E-state index contributed by atoms with van der Waals surface area (Å²) in [6, 6.07) is 7.38. The molecule has 1 fully saturated rings. The molecule has 1 atom stereocenters. The maximum Gasteiger partial charge on any atom is 0.303 e. The van der Waals surface area contributed by atoms with E-state index in [-0.39, 0.29) is 24.8 Å². The van der Waals surface area contributed by atoms with Crippen LogP contribution in [0.2, 0.25) is 0 Å². The summed E-state index contributed by atoms with van der Waals surface area (Å²) in [5, 5.41) is 11.2. The molecule has 0 aromatic heterocycles. The van der Waals surface area contributed by atoms with Crippen LogP contribution in [0.5, 0.6) is 0 Å². The predicted molar refractivity (Wildman–Crippen MR) is 84.5 cm³/mol. The Balaban J connectivity index is 1.90. The fourth-order valence-corrected chi connectivity index (χ4v) is 2.79. The second-order valence-corrected chi connectivity index (χ2v) is 6.02. The highest BCUT2D eigenvalue weighted by atomic mass is 79.9. The van der Waals surface area contributed by atoms with Crippen LogP contribution < -0.4 is 10.2 Å². The molecule has 2 rings (SSSR count). The van der Waals surface area contributed by atoms with Gasteiger partial charge in [0.15, 0.2) is 0 Å². The summed E-state index contributed by atoms with van der Waals surface area (Å²) in [6.45, 7) is 0.772. The van der Waals surface area contributed by atoms with Gasteiger partial charge >= 0.3 is 5.97 Å². The van der Waals surface area contributed by atoms with Crippen LogP contribution in [0.4, 0.5) is 5.69 Å². The molecule has 0 aliphatic carbocycles. The number of carbonyl (C=O) groups excluding carboxylic acids is 2. The smallest absolute Gasteiger partial charge is 0.303 e. The van der Waals surface area contributed by atoms with Crippen molar-refractivity contribution in [2.75, 3.05) is 18.0 Å². The maximum absolute atomic E-state index is 12.4. The van der Waals surface area contributed by atoms with Crippen LogP contribution >= 0.6 is 15.9 Å². The maximum atomic E-state index is 12.4. The van der Waals surface area contributed by atoms with Gasteiger partial charge in [-0.2, -0.15) is 0 Å². The summed E-state index contributed by atoms with van der Waals surface area (Å²) >= 11 is 3.36. The number of hydrogen-bond donors (Lipinski definition) is 2. The molecule has 2 amide bonds. The van der Waals surface area contributed by atoms with E-state index >= 15 is 0 Å². The number of hydrogen-bond acceptors (Lipinski definition) is 3. The number of carboxylic acid groups (broad SMARTS) is 1. The third kappa shape index (κ3) is 4.07. The number of nitrogens with zero attached hydrogens (tertiary/aromatic N) is 1. The fraction of sp³-hybridized carbons (Fsp3) is 0.400. The van der Waals surface area contributed by atoms with Crippen molar-refractivity contribution >= 4 is 39.4 Å². The van der Waals surface area contributed by atoms with E-state index < -0.39 is 11.9 Å². The van der Waals surface area contributed by atoms with Gasteiger partial charge in [-0.05, 0) is 31.0 Å². The molecule has 22 heavy (non-hydrogen) atoms. The van der Waals surface area contributed by atoms with E-state index in [0.29, 0.717) is 19.4 Å². The Hall–Kier alpha value is -1.89. The van der Waals surface area contributed by atoms with Crippen LogP contribution in [0.3, 0.4) is 0 Å². The third-order valence-corrected chi connectivity index (χ3v) is 4.00. The standard InChI is InChI=1S/C15H17BrN2O4/c16-10-3-1-4-11(9-10)18-8-6-12(15(18)22)14(21)17-7-2-5-13(19)20/h1,3-4,9,12H,2,5-8H2,(H,17,21)(H,19,20). The second kappa shape index (κ2) is 7.40. The Morgan fingerprint density at radius 3 is 2.86 bits per heavy atom. The van der Waals surface area contributed by atoms with Crippen molar-refractivity contribution in [3.05, 3.63) is 28.7 Å². The average molecular weight is 369 g/mol. The highest BCUT2D eigenvalue weighted by Gasteiger charge is 2.37. The lowest BCUT2D eigenvalue weighted by Crippen LogP contribution is -2.37. The zero-order valence-corrected chi connectivity index (χ0v) is 13.5. The third-order valence-electron chi connectivity index (χ3n) is 3.51. The van der Waals surface area contributed by atoms with Gasteiger partial charge in [0.25, 0.3) is 0 Å². The van der Waals surface area contributed by atoms with E-state index in [9.17, 15) is 14.4 Å². The summed E-state index contributed by atoms with van der Waals surface area (Å²) in [4.78, 5) is 36.4. The van der Waals surface area contributed by atoms with Crippen LogP contribution in [-0.4, -0.2) is 36.0 Å². The predicted octanol–water partition coefficient (Wildman–Crippen LogP) is 1.78. The molecule has 7 heteroatoms. The van der Waals surface area contributed by atoms with E-state index in [1.807, 2.05) is 24.3 Å². The molecule has 1 unspecified atom stereocenters. The van der Waals surface area contributed by atoms with Gasteiger partial charge in [0.2, 0.25) is 11.8 Å². The first kappa shape index (κ1) is 16.5. The van der Waals surface area contributed by atoms with E-state index in [4.69, 9.17) is 5.11 Å². The van der Waals surface area contributed by atoms with Crippen molar-refractivity contribution in [1.82, 2.24) is 5.32 Å². The van der Waals surface area contributed by atoms with Gasteiger partial charge in [0.1, 0.15) is 5.92 Å². The second-order valence-electron chi connectivity index (χ2n) is 5.10. The number of halogens is 1. The molecule has 1 aromatic rings. The van der Waals surface area contributed by atoms with E-state index in [1.165, 1.54) is 0 Å². The molecule has 1 aromatic carbocycles. The Kier molecular flexibility index (Phi) is 5.54. The number of rotatable bonds is 6. The lowest BCUT2D eigenvalue weighted by atomic mass is 10.1. The molecule has 1 heterocycles. The molecular formula is C15H17BrN2O4. The van der Waals surface area contributed by atoms with Gasteiger partial charge < -0.3 is 15.3 Å². The van der Waals surface area contributed by atoms with Gasteiger partial charge in [-0.15, -0.1) is 0 Å². The minimum atomic E-state index is -0.896. The molecule has 1 aliphatic heterocycles. The van der Waals surface area contributed by atoms with Gasteiger partial charge in [0.05, 0.1) is 0 Å². The zero-order valence-electron chi connectivity index (χ0n) is 11.9. The highest BCUT2D eigenvalue weighted by molar-refractivity contribution is 9.10. The summed E-state index contributed by atoms with van der Waals surface area (Å²) in [5.74, 6) is -2.13. The number of nitrogens with one attached hydrogen (secondary N) is 1. The van der Waals surface area contributed by atoms with Gasteiger partial charge in [-0.25, -0.2) is 0 Å². The summed E-state index contributed by atoms with van der Waals surface area (Å²) in [5.41, 5.74) is 0.764. The van der Waals surface area contributed by atoms with Crippen molar-refractivity contribution in [3.63, 3.8) is 0 Å². The minimum Gasteiger partial charge on any atom is -0.481 e. The van der Waals surface area contributed by atoms with Gasteiger partial charge in [-0.1, -0.05) is 22.0 Å². The lowest BCUT2D eigenvalue weighted by molar-refractivity contribution is -0.137. The number of amides is 2. The Labute approximate surface area is 136 Å². The zero-order chi connectivity index (χ0) is 16.1. The number of carboxylic acids is 1. The first-order valence-corrected chi connectivity index (χ1v) is 7.85. The largest absolute Gasteiger partial charge is 0.481 e. The van der Waals surface area contributed by atoms with Crippen molar-refractivity contribution in [1.29, 1.82) is 0 Å². The van der Waals surface area contributed by atoms with Crippen LogP contribution in [0.15, 0.2) is 28.7 Å². The molecule has 6 nitrogen and oxygen atoms in total. The van der Waals surface area contributed by atoms with Crippen molar-refractivity contribution in [3.8, 4) is 0 Å². The quantitative estimate of drug-likeness (QED) is 0.591. The molecule has 2 N–H and O–H groups in total. The van der Waals surface area contributed by atoms with Crippen LogP contribution in [0.1, 0.15) is 19.3 Å². The first-order valence-electron chi connectivity index (χ1n) is 7.05. The summed E-state index contributed by atoms with van der Waals surface area (Å²) in [6.07, 6.45) is 0.830. The van der Waals surface area contributed by atoms with Crippen LogP contribution in [-0.2, 0) is 14.4 Å². The Morgan fingerprint density at radius 1 is 1.41 bits per heavy atom. The topological polar surface area (TPSA) is 86.7 Å². The summed E-state index contributed by atoms with van der Waals surface area (Å²) < 4.78 is 0.874. The van der Waals surface area contributed by atoms with E-state index in [2.05, 4.69) is 21.2 Å². The highest BCUT2D eigenvalue weighted by Crippen LogP contribution is 2.27. The number of carbonyl (C=O) groups is 3. The lowest BCUT2D eigenvalue weighted by Gasteiger charge is -2.17. The van der Waals surface area contributed by atoms with E-state index in [1.54, 1.807) is 4.90 Å².